The minimum Gasteiger partial charge on any atom is -0.370 e. The topological polar surface area (TPSA) is 55.6 Å². The SMILES string of the molecule is CCc1ccc(-n2nc(-c3cnccn3)c3c2NCCCC3)cc1. The fourth-order valence-corrected chi connectivity index (χ4v) is 3.19. The summed E-state index contributed by atoms with van der Waals surface area (Å²) in [5.74, 6) is 1.09. The van der Waals surface area contributed by atoms with Crippen LogP contribution in [0.4, 0.5) is 5.82 Å². The molecule has 0 saturated carbocycles. The van der Waals surface area contributed by atoms with E-state index in [1.165, 1.54) is 17.5 Å². The van der Waals surface area contributed by atoms with Crippen molar-refractivity contribution in [1.29, 1.82) is 0 Å². The van der Waals surface area contributed by atoms with Crippen molar-refractivity contribution in [2.24, 2.45) is 0 Å². The first-order chi connectivity index (χ1) is 11.9. The zero-order valence-electron chi connectivity index (χ0n) is 13.9. The van der Waals surface area contributed by atoms with Crippen LogP contribution in [-0.4, -0.2) is 26.3 Å². The lowest BCUT2D eigenvalue weighted by Gasteiger charge is -2.09. The van der Waals surface area contributed by atoms with E-state index in [-0.39, 0.29) is 0 Å². The molecule has 1 aromatic carbocycles. The van der Waals surface area contributed by atoms with Crippen LogP contribution in [0.2, 0.25) is 0 Å². The number of anilines is 1. The molecule has 0 spiro atoms. The van der Waals surface area contributed by atoms with E-state index in [0.717, 1.165) is 48.7 Å². The highest BCUT2D eigenvalue weighted by Crippen LogP contribution is 2.32. The first kappa shape index (κ1) is 14.9. The lowest BCUT2D eigenvalue weighted by atomic mass is 10.1. The molecule has 0 saturated heterocycles. The molecule has 1 aliphatic rings. The average Bonchev–Trinajstić information content (AvgIpc) is 2.84. The van der Waals surface area contributed by atoms with Crippen molar-refractivity contribution in [3.8, 4) is 17.1 Å². The molecule has 0 amide bonds. The highest BCUT2D eigenvalue weighted by Gasteiger charge is 2.22. The zero-order chi connectivity index (χ0) is 16.4. The molecule has 0 radical (unpaired) electrons. The summed E-state index contributed by atoms with van der Waals surface area (Å²) in [6, 6.07) is 8.61. The van der Waals surface area contributed by atoms with E-state index in [4.69, 9.17) is 5.10 Å². The molecule has 3 heterocycles. The van der Waals surface area contributed by atoms with Gasteiger partial charge in [0, 0.05) is 24.5 Å². The Labute approximate surface area is 141 Å². The van der Waals surface area contributed by atoms with Crippen LogP contribution < -0.4 is 5.32 Å². The Morgan fingerprint density at radius 3 is 2.75 bits per heavy atom. The molecule has 24 heavy (non-hydrogen) atoms. The number of nitrogens with zero attached hydrogens (tertiary/aromatic N) is 4. The molecule has 0 bridgehead atoms. The Morgan fingerprint density at radius 1 is 1.12 bits per heavy atom. The monoisotopic (exact) mass is 319 g/mol. The summed E-state index contributed by atoms with van der Waals surface area (Å²) < 4.78 is 2.02. The maximum Gasteiger partial charge on any atom is 0.133 e. The summed E-state index contributed by atoms with van der Waals surface area (Å²) in [6.07, 6.45) is 9.60. The van der Waals surface area contributed by atoms with E-state index in [1.54, 1.807) is 18.6 Å². The van der Waals surface area contributed by atoms with E-state index in [9.17, 15) is 0 Å². The summed E-state index contributed by atoms with van der Waals surface area (Å²) in [5.41, 5.74) is 5.42. The van der Waals surface area contributed by atoms with E-state index < -0.39 is 0 Å². The second kappa shape index (κ2) is 6.43. The van der Waals surface area contributed by atoms with Crippen molar-refractivity contribution in [3.05, 3.63) is 54.0 Å². The smallest absolute Gasteiger partial charge is 0.133 e. The first-order valence-corrected chi connectivity index (χ1v) is 8.58. The van der Waals surface area contributed by atoms with Gasteiger partial charge in [-0.3, -0.25) is 9.97 Å². The van der Waals surface area contributed by atoms with Gasteiger partial charge in [-0.1, -0.05) is 19.1 Å². The summed E-state index contributed by atoms with van der Waals surface area (Å²) in [7, 11) is 0. The van der Waals surface area contributed by atoms with Gasteiger partial charge in [0.1, 0.15) is 17.2 Å². The zero-order valence-corrected chi connectivity index (χ0v) is 13.9. The summed E-state index contributed by atoms with van der Waals surface area (Å²) in [4.78, 5) is 8.66. The normalized spacial score (nSPS) is 13.9. The third kappa shape index (κ3) is 2.66. The number of aromatic nitrogens is 4. The highest BCUT2D eigenvalue weighted by atomic mass is 15.3. The number of rotatable bonds is 3. The van der Waals surface area contributed by atoms with Crippen LogP contribution in [-0.2, 0) is 12.8 Å². The molecule has 2 aromatic heterocycles. The maximum absolute atomic E-state index is 4.88. The van der Waals surface area contributed by atoms with Crippen LogP contribution in [0, 0.1) is 0 Å². The highest BCUT2D eigenvalue weighted by molar-refractivity contribution is 5.68. The van der Waals surface area contributed by atoms with Gasteiger partial charge in [-0.05, 0) is 43.4 Å². The molecule has 122 valence electrons. The summed E-state index contributed by atoms with van der Waals surface area (Å²) in [5, 5.41) is 8.44. The van der Waals surface area contributed by atoms with Crippen molar-refractivity contribution in [1.82, 2.24) is 19.7 Å². The van der Waals surface area contributed by atoms with E-state index >= 15 is 0 Å². The third-order valence-corrected chi connectivity index (χ3v) is 4.52. The molecule has 3 aromatic rings. The lowest BCUT2D eigenvalue weighted by molar-refractivity contribution is 0.779. The molecule has 0 aliphatic carbocycles. The Bertz CT molecular complexity index is 821. The van der Waals surface area contributed by atoms with Gasteiger partial charge >= 0.3 is 0 Å². The first-order valence-electron chi connectivity index (χ1n) is 8.58. The number of hydrogen-bond acceptors (Lipinski definition) is 4. The summed E-state index contributed by atoms with van der Waals surface area (Å²) in [6.45, 7) is 3.15. The van der Waals surface area contributed by atoms with Gasteiger partial charge in [0.25, 0.3) is 0 Å². The second-order valence-electron chi connectivity index (χ2n) is 6.08. The molecular weight excluding hydrogens is 298 g/mol. The van der Waals surface area contributed by atoms with Crippen LogP contribution in [0.1, 0.15) is 30.9 Å². The van der Waals surface area contributed by atoms with E-state index in [1.807, 2.05) is 4.68 Å². The molecular formula is C19H21N5. The molecule has 1 N–H and O–H groups in total. The van der Waals surface area contributed by atoms with Crippen molar-refractivity contribution >= 4 is 5.82 Å². The minimum atomic E-state index is 0.835. The molecule has 0 atom stereocenters. The van der Waals surface area contributed by atoms with Crippen molar-refractivity contribution in [3.63, 3.8) is 0 Å². The molecule has 1 aliphatic heterocycles. The Balaban J connectivity index is 1.86. The molecule has 5 nitrogen and oxygen atoms in total. The van der Waals surface area contributed by atoms with Crippen molar-refractivity contribution in [2.45, 2.75) is 32.6 Å². The quantitative estimate of drug-likeness (QED) is 0.801. The fraction of sp³-hybridized carbons (Fsp3) is 0.316. The third-order valence-electron chi connectivity index (χ3n) is 4.52. The predicted octanol–water partition coefficient (Wildman–Crippen LogP) is 3.64. The summed E-state index contributed by atoms with van der Waals surface area (Å²) >= 11 is 0. The van der Waals surface area contributed by atoms with Crippen LogP contribution >= 0.6 is 0 Å². The number of hydrogen-bond donors (Lipinski definition) is 1. The van der Waals surface area contributed by atoms with Gasteiger partial charge in [0.05, 0.1) is 11.9 Å². The molecule has 5 heteroatoms. The van der Waals surface area contributed by atoms with Gasteiger partial charge < -0.3 is 5.32 Å². The van der Waals surface area contributed by atoms with Crippen molar-refractivity contribution < 1.29 is 0 Å². The van der Waals surface area contributed by atoms with Gasteiger partial charge in [0.15, 0.2) is 0 Å². The molecule has 0 unspecified atom stereocenters. The Kier molecular flexibility index (Phi) is 3.99. The predicted molar refractivity (Wildman–Crippen MR) is 95.4 cm³/mol. The fourth-order valence-electron chi connectivity index (χ4n) is 3.19. The van der Waals surface area contributed by atoms with Gasteiger partial charge in [0.2, 0.25) is 0 Å². The van der Waals surface area contributed by atoms with Crippen LogP contribution in [0.15, 0.2) is 42.9 Å². The van der Waals surface area contributed by atoms with Crippen LogP contribution in [0.25, 0.3) is 17.1 Å². The van der Waals surface area contributed by atoms with Crippen molar-refractivity contribution in [2.75, 3.05) is 11.9 Å². The Hall–Kier alpha value is -2.69. The van der Waals surface area contributed by atoms with E-state index in [0.29, 0.717) is 0 Å². The lowest BCUT2D eigenvalue weighted by Crippen LogP contribution is -2.07. The minimum absolute atomic E-state index is 0.835. The van der Waals surface area contributed by atoms with E-state index in [2.05, 4.69) is 46.5 Å². The van der Waals surface area contributed by atoms with Crippen LogP contribution in [0.3, 0.4) is 0 Å². The van der Waals surface area contributed by atoms with Gasteiger partial charge in [-0.2, -0.15) is 5.10 Å². The standard InChI is InChI=1S/C19H21N5/c1-2-14-6-8-15(9-7-14)24-19-16(5-3-4-10-22-19)18(23-24)17-13-20-11-12-21-17/h6-9,11-13,22H,2-5,10H2,1H3. The molecule has 0 fully saturated rings. The number of benzene rings is 1. The second-order valence-corrected chi connectivity index (χ2v) is 6.08. The largest absolute Gasteiger partial charge is 0.370 e. The molecule has 4 rings (SSSR count). The number of aryl methyl sites for hydroxylation is 1. The number of fused-ring (bicyclic) bond motifs is 1. The van der Waals surface area contributed by atoms with Crippen LogP contribution in [0.5, 0.6) is 0 Å². The van der Waals surface area contributed by atoms with Gasteiger partial charge in [-0.25, -0.2) is 4.68 Å². The van der Waals surface area contributed by atoms with Gasteiger partial charge in [-0.15, -0.1) is 0 Å². The Morgan fingerprint density at radius 2 is 2.00 bits per heavy atom. The average molecular weight is 319 g/mol. The maximum atomic E-state index is 4.88. The number of nitrogens with one attached hydrogen (secondary N) is 1.